The van der Waals surface area contributed by atoms with E-state index in [-0.39, 0.29) is 11.9 Å². The third kappa shape index (κ3) is 1.70. The van der Waals surface area contributed by atoms with Crippen LogP contribution in [0.15, 0.2) is 60.7 Å². The highest BCUT2D eigenvalue weighted by Crippen LogP contribution is 2.54. The predicted octanol–water partition coefficient (Wildman–Crippen LogP) is 3.10. The Balaban J connectivity index is 1.81. The van der Waals surface area contributed by atoms with Crippen LogP contribution < -0.4 is 9.80 Å². The molecule has 2 aliphatic heterocycles. The quantitative estimate of drug-likeness (QED) is 0.631. The second kappa shape index (κ2) is 4.36. The number of amides is 3. The number of benzene rings is 2. The SMILES string of the molecule is O=C1N(c2ccccc2)C(=O)C2(CS2)N1c1ccccc1. The van der Waals surface area contributed by atoms with E-state index in [4.69, 9.17) is 0 Å². The van der Waals surface area contributed by atoms with E-state index >= 15 is 0 Å². The maximum absolute atomic E-state index is 12.8. The van der Waals surface area contributed by atoms with Crippen molar-refractivity contribution in [2.45, 2.75) is 4.87 Å². The standard InChI is InChI=1S/C16H12N2O2S/c19-14-16(11-21-16)18(13-9-5-2-6-10-13)15(20)17(14)12-7-3-1-4-8-12/h1-10H,11H2. The van der Waals surface area contributed by atoms with E-state index < -0.39 is 4.87 Å². The number of carbonyl (C=O) groups is 2. The largest absolute Gasteiger partial charge is 0.337 e. The van der Waals surface area contributed by atoms with Crippen LogP contribution in [0.5, 0.6) is 0 Å². The summed E-state index contributed by atoms with van der Waals surface area (Å²) >= 11 is 1.51. The van der Waals surface area contributed by atoms with Crippen LogP contribution in [0.1, 0.15) is 0 Å². The molecule has 0 N–H and O–H groups in total. The van der Waals surface area contributed by atoms with Gasteiger partial charge in [-0.3, -0.25) is 9.69 Å². The number of hydrogen-bond acceptors (Lipinski definition) is 3. The molecule has 2 saturated heterocycles. The lowest BCUT2D eigenvalue weighted by molar-refractivity contribution is -0.117. The number of carbonyl (C=O) groups excluding carboxylic acids is 2. The molecular formula is C16H12N2O2S. The predicted molar refractivity (Wildman–Crippen MR) is 83.4 cm³/mol. The van der Waals surface area contributed by atoms with E-state index in [1.807, 2.05) is 48.5 Å². The molecule has 2 aromatic rings. The Kier molecular flexibility index (Phi) is 2.59. The van der Waals surface area contributed by atoms with Gasteiger partial charge < -0.3 is 0 Å². The van der Waals surface area contributed by atoms with Crippen molar-refractivity contribution in [2.75, 3.05) is 15.6 Å². The summed E-state index contributed by atoms with van der Waals surface area (Å²) in [6, 6.07) is 18.2. The van der Waals surface area contributed by atoms with Gasteiger partial charge in [0, 0.05) is 11.4 Å². The van der Waals surface area contributed by atoms with Crippen molar-refractivity contribution >= 4 is 35.1 Å². The summed E-state index contributed by atoms with van der Waals surface area (Å²) in [6.45, 7) is 0. The number of rotatable bonds is 2. The van der Waals surface area contributed by atoms with Gasteiger partial charge in [-0.25, -0.2) is 9.69 Å². The molecule has 2 fully saturated rings. The lowest BCUT2D eigenvalue weighted by Gasteiger charge is -2.19. The molecular weight excluding hydrogens is 284 g/mol. The third-order valence-electron chi connectivity index (χ3n) is 3.73. The second-order valence-electron chi connectivity index (χ2n) is 5.00. The van der Waals surface area contributed by atoms with E-state index in [2.05, 4.69) is 0 Å². The first kappa shape index (κ1) is 12.5. The Hall–Kier alpha value is -2.27. The molecule has 2 heterocycles. The molecule has 0 bridgehead atoms. The van der Waals surface area contributed by atoms with E-state index in [9.17, 15) is 9.59 Å². The van der Waals surface area contributed by atoms with Gasteiger partial charge in [0.15, 0.2) is 4.87 Å². The molecule has 2 aromatic carbocycles. The van der Waals surface area contributed by atoms with Crippen molar-refractivity contribution in [3.05, 3.63) is 60.7 Å². The molecule has 104 valence electrons. The highest BCUT2D eigenvalue weighted by molar-refractivity contribution is 8.09. The zero-order valence-corrected chi connectivity index (χ0v) is 11.9. The molecule has 4 nitrogen and oxygen atoms in total. The number of thioether (sulfide) groups is 1. The minimum absolute atomic E-state index is 0.146. The van der Waals surface area contributed by atoms with Crippen LogP contribution in [-0.4, -0.2) is 22.6 Å². The molecule has 3 amide bonds. The highest BCUT2D eigenvalue weighted by atomic mass is 32.2. The minimum Gasteiger partial charge on any atom is -0.270 e. The van der Waals surface area contributed by atoms with Crippen LogP contribution in [0.3, 0.4) is 0 Å². The first-order chi connectivity index (χ1) is 10.2. The number of hydrogen-bond donors (Lipinski definition) is 0. The van der Waals surface area contributed by atoms with E-state index in [1.165, 1.54) is 16.7 Å². The maximum Gasteiger partial charge on any atom is 0.337 e. The lowest BCUT2D eigenvalue weighted by atomic mass is 10.2. The molecule has 1 unspecified atom stereocenters. The normalized spacial score (nSPS) is 24.0. The van der Waals surface area contributed by atoms with Gasteiger partial charge in [0.2, 0.25) is 0 Å². The van der Waals surface area contributed by atoms with Crippen molar-refractivity contribution in [1.29, 1.82) is 0 Å². The Morgan fingerprint density at radius 1 is 0.857 bits per heavy atom. The van der Waals surface area contributed by atoms with Gasteiger partial charge in [-0.05, 0) is 24.3 Å². The van der Waals surface area contributed by atoms with Crippen LogP contribution in [0.25, 0.3) is 0 Å². The number of nitrogens with zero attached hydrogens (tertiary/aromatic N) is 2. The number of para-hydroxylation sites is 2. The van der Waals surface area contributed by atoms with Crippen LogP contribution in [0, 0.1) is 0 Å². The molecule has 4 rings (SSSR count). The Morgan fingerprint density at radius 2 is 1.38 bits per heavy atom. The van der Waals surface area contributed by atoms with Crippen LogP contribution >= 0.6 is 11.8 Å². The van der Waals surface area contributed by atoms with Crippen molar-refractivity contribution in [1.82, 2.24) is 0 Å². The third-order valence-corrected chi connectivity index (χ3v) is 4.92. The number of imide groups is 1. The fraction of sp³-hybridized carbons (Fsp3) is 0.125. The summed E-state index contributed by atoms with van der Waals surface area (Å²) in [7, 11) is 0. The fourth-order valence-corrected chi connectivity index (χ4v) is 3.55. The van der Waals surface area contributed by atoms with E-state index in [0.717, 1.165) is 5.69 Å². The Bertz CT molecular complexity index is 714. The van der Waals surface area contributed by atoms with Gasteiger partial charge in [0.1, 0.15) is 0 Å². The van der Waals surface area contributed by atoms with Crippen LogP contribution in [0.2, 0.25) is 0 Å². The van der Waals surface area contributed by atoms with Crippen molar-refractivity contribution in [3.8, 4) is 0 Å². The summed E-state index contributed by atoms with van der Waals surface area (Å²) < 4.78 is 0. The molecule has 0 radical (unpaired) electrons. The van der Waals surface area contributed by atoms with Gasteiger partial charge in [0.05, 0.1) is 5.69 Å². The van der Waals surface area contributed by atoms with Gasteiger partial charge in [-0.15, -0.1) is 11.8 Å². The summed E-state index contributed by atoms with van der Waals surface area (Å²) in [4.78, 5) is 27.7. The first-order valence-electron chi connectivity index (χ1n) is 6.67. The fourth-order valence-electron chi connectivity index (χ4n) is 2.63. The molecule has 0 aliphatic carbocycles. The van der Waals surface area contributed by atoms with E-state index in [0.29, 0.717) is 11.4 Å². The van der Waals surface area contributed by atoms with Gasteiger partial charge in [0.25, 0.3) is 5.91 Å². The molecule has 0 saturated carbocycles. The summed E-state index contributed by atoms with van der Waals surface area (Å²) in [5.74, 6) is 0.503. The monoisotopic (exact) mass is 296 g/mol. The average Bonchev–Trinajstić information content (AvgIpc) is 3.27. The summed E-state index contributed by atoms with van der Waals surface area (Å²) in [6.07, 6.45) is 0. The molecule has 5 heteroatoms. The second-order valence-corrected chi connectivity index (χ2v) is 6.26. The Labute approximate surface area is 126 Å². The highest BCUT2D eigenvalue weighted by Gasteiger charge is 2.67. The summed E-state index contributed by atoms with van der Waals surface area (Å²) in [5.41, 5.74) is 1.39. The number of urea groups is 1. The zero-order chi connectivity index (χ0) is 14.4. The minimum atomic E-state index is -0.742. The smallest absolute Gasteiger partial charge is 0.270 e. The van der Waals surface area contributed by atoms with Gasteiger partial charge in [-0.1, -0.05) is 36.4 Å². The van der Waals surface area contributed by atoms with Crippen LogP contribution in [0.4, 0.5) is 16.2 Å². The first-order valence-corrected chi connectivity index (χ1v) is 7.65. The summed E-state index contributed by atoms with van der Waals surface area (Å²) in [5, 5.41) is 0. The maximum atomic E-state index is 12.8. The average molecular weight is 296 g/mol. The number of anilines is 2. The van der Waals surface area contributed by atoms with Crippen molar-refractivity contribution in [3.63, 3.8) is 0 Å². The zero-order valence-electron chi connectivity index (χ0n) is 11.1. The molecule has 2 aliphatic rings. The van der Waals surface area contributed by atoms with Crippen LogP contribution in [-0.2, 0) is 4.79 Å². The molecule has 21 heavy (non-hydrogen) atoms. The molecule has 0 aromatic heterocycles. The van der Waals surface area contributed by atoms with Crippen molar-refractivity contribution < 1.29 is 9.59 Å². The van der Waals surface area contributed by atoms with E-state index in [1.54, 1.807) is 17.0 Å². The van der Waals surface area contributed by atoms with Gasteiger partial charge >= 0.3 is 6.03 Å². The van der Waals surface area contributed by atoms with Crippen molar-refractivity contribution in [2.24, 2.45) is 0 Å². The molecule has 1 spiro atoms. The lowest BCUT2D eigenvalue weighted by Crippen LogP contribution is -2.37. The topological polar surface area (TPSA) is 40.6 Å². The molecule has 1 atom stereocenters. The van der Waals surface area contributed by atoms with Gasteiger partial charge in [-0.2, -0.15) is 0 Å². The Morgan fingerprint density at radius 3 is 1.90 bits per heavy atom.